The third kappa shape index (κ3) is 7.04. The van der Waals surface area contributed by atoms with Gasteiger partial charge in [-0.05, 0) is 69.5 Å². The lowest BCUT2D eigenvalue weighted by atomic mass is 9.97. The van der Waals surface area contributed by atoms with Gasteiger partial charge in [0.15, 0.2) is 0 Å². The van der Waals surface area contributed by atoms with Crippen LogP contribution < -0.4 is 10.2 Å². The summed E-state index contributed by atoms with van der Waals surface area (Å²) in [5, 5.41) is 3.15. The summed E-state index contributed by atoms with van der Waals surface area (Å²) < 4.78 is 0. The molecule has 1 aliphatic carbocycles. The molecule has 0 spiro atoms. The van der Waals surface area contributed by atoms with Crippen LogP contribution in [0.1, 0.15) is 44.9 Å². The fraction of sp³-hybridized carbons (Fsp3) is 0.680. The molecule has 4 rings (SSSR count). The lowest BCUT2D eigenvalue weighted by Gasteiger charge is -2.39. The van der Waals surface area contributed by atoms with E-state index in [4.69, 9.17) is 0 Å². The fourth-order valence-corrected chi connectivity index (χ4v) is 5.26. The van der Waals surface area contributed by atoms with Crippen LogP contribution in [0.3, 0.4) is 0 Å². The summed E-state index contributed by atoms with van der Waals surface area (Å²) in [4.78, 5) is 24.3. The van der Waals surface area contributed by atoms with E-state index in [1.54, 1.807) is 0 Å². The zero-order chi connectivity index (χ0) is 21.3. The number of allylic oxidation sites excluding steroid dienone is 1. The molecule has 0 bridgehead atoms. The molecule has 1 aromatic rings. The number of anilines is 1. The minimum absolute atomic E-state index is 0.195. The van der Waals surface area contributed by atoms with Gasteiger partial charge < -0.3 is 10.2 Å². The van der Waals surface area contributed by atoms with Crippen LogP contribution >= 0.6 is 0 Å². The Morgan fingerprint density at radius 1 is 1.06 bits per heavy atom. The molecule has 1 N–H and O–H groups in total. The number of piperazine rings is 1. The molecular formula is C25H39N5O. The number of pyridine rings is 1. The second-order valence-electron chi connectivity index (χ2n) is 9.43. The zero-order valence-corrected chi connectivity index (χ0v) is 19.0. The molecule has 3 aliphatic rings. The first-order chi connectivity index (χ1) is 15.3. The van der Waals surface area contributed by atoms with Gasteiger partial charge in [-0.25, -0.2) is 4.98 Å². The summed E-state index contributed by atoms with van der Waals surface area (Å²) in [6.07, 6.45) is 12.8. The molecule has 1 amide bonds. The molecule has 6 nitrogen and oxygen atoms in total. The number of carbonyl (C=O) groups is 1. The van der Waals surface area contributed by atoms with Crippen LogP contribution in [0.4, 0.5) is 5.82 Å². The molecule has 170 valence electrons. The van der Waals surface area contributed by atoms with Gasteiger partial charge in [0.05, 0.1) is 6.54 Å². The molecule has 1 aromatic heterocycles. The van der Waals surface area contributed by atoms with Gasteiger partial charge >= 0.3 is 0 Å². The Bertz CT molecular complexity index is 714. The van der Waals surface area contributed by atoms with Gasteiger partial charge in [0.1, 0.15) is 5.82 Å². The van der Waals surface area contributed by atoms with Gasteiger partial charge in [0, 0.05) is 52.0 Å². The van der Waals surface area contributed by atoms with Crippen LogP contribution in [0, 0.1) is 5.92 Å². The summed E-state index contributed by atoms with van der Waals surface area (Å²) in [5.74, 6) is 1.97. The lowest BCUT2D eigenvalue weighted by molar-refractivity contribution is -0.122. The molecule has 2 saturated heterocycles. The summed E-state index contributed by atoms with van der Waals surface area (Å²) in [6.45, 7) is 8.92. The van der Waals surface area contributed by atoms with Crippen molar-refractivity contribution in [3.63, 3.8) is 0 Å². The Hall–Kier alpha value is -1.92. The smallest absolute Gasteiger partial charge is 0.234 e. The number of piperidine rings is 1. The minimum atomic E-state index is 0.195. The van der Waals surface area contributed by atoms with Crippen molar-refractivity contribution < 1.29 is 4.79 Å². The van der Waals surface area contributed by atoms with Crippen molar-refractivity contribution in [2.45, 2.75) is 44.9 Å². The highest BCUT2D eigenvalue weighted by atomic mass is 16.2. The van der Waals surface area contributed by atoms with Crippen molar-refractivity contribution in [1.29, 1.82) is 0 Å². The largest absolute Gasteiger partial charge is 0.355 e. The van der Waals surface area contributed by atoms with E-state index >= 15 is 0 Å². The van der Waals surface area contributed by atoms with Gasteiger partial charge in [0.25, 0.3) is 0 Å². The average Bonchev–Trinajstić information content (AvgIpc) is 2.81. The molecule has 0 aromatic carbocycles. The molecular weight excluding hydrogens is 386 g/mol. The van der Waals surface area contributed by atoms with Crippen molar-refractivity contribution >= 4 is 11.7 Å². The van der Waals surface area contributed by atoms with Crippen LogP contribution in [0.5, 0.6) is 0 Å². The molecule has 1 atom stereocenters. The Balaban J connectivity index is 1.13. The third-order valence-corrected chi connectivity index (χ3v) is 6.99. The van der Waals surface area contributed by atoms with E-state index in [9.17, 15) is 4.79 Å². The molecule has 6 heteroatoms. The summed E-state index contributed by atoms with van der Waals surface area (Å²) in [5.41, 5.74) is 1.53. The van der Waals surface area contributed by atoms with E-state index in [1.165, 1.54) is 44.1 Å². The van der Waals surface area contributed by atoms with E-state index < -0.39 is 0 Å². The number of nitrogens with zero attached hydrogens (tertiary/aromatic N) is 4. The van der Waals surface area contributed by atoms with Crippen molar-refractivity contribution in [2.75, 3.05) is 63.8 Å². The predicted octanol–water partition coefficient (Wildman–Crippen LogP) is 2.92. The van der Waals surface area contributed by atoms with Crippen molar-refractivity contribution in [1.82, 2.24) is 20.1 Å². The van der Waals surface area contributed by atoms with E-state index in [0.717, 1.165) is 64.6 Å². The fourth-order valence-electron chi connectivity index (χ4n) is 5.26. The van der Waals surface area contributed by atoms with E-state index in [1.807, 2.05) is 12.3 Å². The number of rotatable bonds is 8. The first-order valence-corrected chi connectivity index (χ1v) is 12.3. The maximum absolute atomic E-state index is 12.4. The molecule has 2 fully saturated rings. The number of amides is 1. The number of carbonyl (C=O) groups excluding carboxylic acids is 1. The Kier molecular flexibility index (Phi) is 8.36. The molecule has 31 heavy (non-hydrogen) atoms. The maximum Gasteiger partial charge on any atom is 0.234 e. The third-order valence-electron chi connectivity index (χ3n) is 6.99. The van der Waals surface area contributed by atoms with E-state index in [-0.39, 0.29) is 5.91 Å². The number of aromatic nitrogens is 1. The van der Waals surface area contributed by atoms with Gasteiger partial charge in [-0.2, -0.15) is 0 Å². The predicted molar refractivity (Wildman–Crippen MR) is 126 cm³/mol. The Morgan fingerprint density at radius 2 is 1.97 bits per heavy atom. The first-order valence-electron chi connectivity index (χ1n) is 12.3. The SMILES string of the molecule is O=C(CN1CCCC(CN2CCN(c3ccccn3)CC2)C1)NCCC1=CCCCC1. The van der Waals surface area contributed by atoms with Crippen molar-refractivity contribution in [2.24, 2.45) is 5.92 Å². The second kappa shape index (κ2) is 11.6. The lowest BCUT2D eigenvalue weighted by Crippen LogP contribution is -2.50. The Morgan fingerprint density at radius 3 is 2.74 bits per heavy atom. The number of hydrogen-bond acceptors (Lipinski definition) is 5. The molecule has 1 unspecified atom stereocenters. The quantitative estimate of drug-likeness (QED) is 0.649. The van der Waals surface area contributed by atoms with Crippen LogP contribution in [-0.2, 0) is 4.79 Å². The molecule has 0 saturated carbocycles. The second-order valence-corrected chi connectivity index (χ2v) is 9.43. The highest BCUT2D eigenvalue weighted by Gasteiger charge is 2.25. The highest BCUT2D eigenvalue weighted by molar-refractivity contribution is 5.78. The van der Waals surface area contributed by atoms with Crippen molar-refractivity contribution in [3.05, 3.63) is 36.0 Å². The summed E-state index contributed by atoms with van der Waals surface area (Å²) in [7, 11) is 0. The van der Waals surface area contributed by atoms with Gasteiger partial charge in [0.2, 0.25) is 5.91 Å². The zero-order valence-electron chi connectivity index (χ0n) is 19.0. The highest BCUT2D eigenvalue weighted by Crippen LogP contribution is 2.20. The van der Waals surface area contributed by atoms with E-state index in [0.29, 0.717) is 12.5 Å². The molecule has 2 aliphatic heterocycles. The first kappa shape index (κ1) is 22.3. The number of nitrogens with one attached hydrogen (secondary N) is 1. The number of likely N-dealkylation sites (tertiary alicyclic amines) is 1. The van der Waals surface area contributed by atoms with Crippen LogP contribution in [-0.4, -0.2) is 79.6 Å². The minimum Gasteiger partial charge on any atom is -0.355 e. The summed E-state index contributed by atoms with van der Waals surface area (Å²) >= 11 is 0. The summed E-state index contributed by atoms with van der Waals surface area (Å²) in [6, 6.07) is 6.14. The molecule has 0 radical (unpaired) electrons. The Labute approximate surface area is 187 Å². The van der Waals surface area contributed by atoms with Gasteiger partial charge in [-0.15, -0.1) is 0 Å². The van der Waals surface area contributed by atoms with Crippen LogP contribution in [0.2, 0.25) is 0 Å². The van der Waals surface area contributed by atoms with Crippen LogP contribution in [0.25, 0.3) is 0 Å². The maximum atomic E-state index is 12.4. The topological polar surface area (TPSA) is 51.7 Å². The average molecular weight is 426 g/mol. The normalized spacial score (nSPS) is 23.4. The van der Waals surface area contributed by atoms with Crippen molar-refractivity contribution in [3.8, 4) is 0 Å². The van der Waals surface area contributed by atoms with Gasteiger partial charge in [-0.1, -0.05) is 17.7 Å². The standard InChI is InChI=1S/C25H39N5O/c31-25(27-13-11-22-7-2-1-3-8-22)21-29-14-6-9-23(20-29)19-28-15-17-30(18-16-28)24-10-4-5-12-26-24/h4-5,7,10,12,23H,1-3,6,8-9,11,13-21H2,(H,27,31). The van der Waals surface area contributed by atoms with Gasteiger partial charge in [-0.3, -0.25) is 14.6 Å². The van der Waals surface area contributed by atoms with Crippen LogP contribution in [0.15, 0.2) is 36.0 Å². The monoisotopic (exact) mass is 425 g/mol. The molecule has 3 heterocycles. The van der Waals surface area contributed by atoms with E-state index in [2.05, 4.69) is 43.2 Å². The number of hydrogen-bond donors (Lipinski definition) is 1.